The van der Waals surface area contributed by atoms with Crippen LogP contribution in [0.5, 0.6) is 11.5 Å². The molecule has 1 aliphatic rings. The summed E-state index contributed by atoms with van der Waals surface area (Å²) >= 11 is 0. The van der Waals surface area contributed by atoms with E-state index in [0.29, 0.717) is 17.4 Å². The third-order valence-electron chi connectivity index (χ3n) is 7.73. The summed E-state index contributed by atoms with van der Waals surface area (Å²) in [5.74, 6) is 2.14. The highest BCUT2D eigenvalue weighted by Crippen LogP contribution is 2.30. The SMILES string of the molecule is Cn1c(CN2CCC(c3ccccc3)CC2)cc2cc(NC(=O)Nc3ccc(Oc4ccccc4)cc3)ccc21. The molecule has 6 rings (SSSR count). The molecule has 6 heteroatoms. The quantitative estimate of drug-likeness (QED) is 0.224. The van der Waals surface area contributed by atoms with Crippen LogP contribution < -0.4 is 15.4 Å². The van der Waals surface area contributed by atoms with Crippen molar-refractivity contribution in [1.29, 1.82) is 0 Å². The van der Waals surface area contributed by atoms with Gasteiger partial charge in [-0.1, -0.05) is 48.5 Å². The maximum atomic E-state index is 12.7. The molecule has 40 heavy (non-hydrogen) atoms. The fraction of sp³-hybridized carbons (Fsp3) is 0.206. The Bertz CT molecular complexity index is 1570. The number of aromatic nitrogens is 1. The van der Waals surface area contributed by atoms with Crippen LogP contribution in [0.25, 0.3) is 10.9 Å². The van der Waals surface area contributed by atoms with Crippen molar-refractivity contribution < 1.29 is 9.53 Å². The predicted molar refractivity (Wildman–Crippen MR) is 162 cm³/mol. The second kappa shape index (κ2) is 11.7. The summed E-state index contributed by atoms with van der Waals surface area (Å²) in [5.41, 5.74) is 5.36. The first-order valence-corrected chi connectivity index (χ1v) is 13.9. The predicted octanol–water partition coefficient (Wildman–Crippen LogP) is 7.99. The lowest BCUT2D eigenvalue weighted by Crippen LogP contribution is -2.33. The van der Waals surface area contributed by atoms with E-state index in [-0.39, 0.29) is 6.03 Å². The van der Waals surface area contributed by atoms with E-state index in [1.807, 2.05) is 66.7 Å². The van der Waals surface area contributed by atoms with Gasteiger partial charge >= 0.3 is 6.03 Å². The number of rotatable bonds is 7. The average molecular weight is 531 g/mol. The molecule has 2 amide bonds. The second-order valence-electron chi connectivity index (χ2n) is 10.4. The van der Waals surface area contributed by atoms with Gasteiger partial charge < -0.3 is 19.9 Å². The first kappa shape index (κ1) is 25.7. The third-order valence-corrected chi connectivity index (χ3v) is 7.73. The number of urea groups is 1. The number of carbonyl (C=O) groups excluding carboxylic acids is 1. The number of fused-ring (bicyclic) bond motifs is 1. The highest BCUT2D eigenvalue weighted by molar-refractivity contribution is 6.01. The fourth-order valence-corrected chi connectivity index (χ4v) is 5.54. The van der Waals surface area contributed by atoms with Gasteiger partial charge in [0.15, 0.2) is 0 Å². The Balaban J connectivity index is 1.05. The summed E-state index contributed by atoms with van der Waals surface area (Å²) in [6, 6.07) is 35.9. The molecule has 2 heterocycles. The van der Waals surface area contributed by atoms with Gasteiger partial charge in [-0.2, -0.15) is 0 Å². The van der Waals surface area contributed by atoms with Crippen LogP contribution in [0.15, 0.2) is 109 Å². The molecule has 0 atom stereocenters. The normalized spacial score (nSPS) is 14.2. The van der Waals surface area contributed by atoms with Gasteiger partial charge in [0.1, 0.15) is 11.5 Å². The summed E-state index contributed by atoms with van der Waals surface area (Å²) < 4.78 is 8.09. The van der Waals surface area contributed by atoms with Crippen molar-refractivity contribution in [3.8, 4) is 11.5 Å². The van der Waals surface area contributed by atoms with Crippen molar-refractivity contribution in [3.63, 3.8) is 0 Å². The molecule has 1 aromatic heterocycles. The summed E-state index contributed by atoms with van der Waals surface area (Å²) in [7, 11) is 2.12. The Morgan fingerprint density at radius 2 is 1.40 bits per heavy atom. The van der Waals surface area contributed by atoms with Crippen LogP contribution in [0.4, 0.5) is 16.2 Å². The van der Waals surface area contributed by atoms with Crippen molar-refractivity contribution >= 4 is 28.3 Å². The number of nitrogens with zero attached hydrogens (tertiary/aromatic N) is 2. The van der Waals surface area contributed by atoms with Crippen LogP contribution in [-0.2, 0) is 13.6 Å². The molecule has 6 nitrogen and oxygen atoms in total. The van der Waals surface area contributed by atoms with Gasteiger partial charge in [0.2, 0.25) is 0 Å². The molecule has 1 aliphatic heterocycles. The molecule has 0 saturated carbocycles. The molecule has 0 unspecified atom stereocenters. The molecular weight excluding hydrogens is 496 g/mol. The van der Waals surface area contributed by atoms with Gasteiger partial charge in [-0.25, -0.2) is 4.79 Å². The lowest BCUT2D eigenvalue weighted by Gasteiger charge is -2.32. The van der Waals surface area contributed by atoms with E-state index < -0.39 is 0 Å². The number of hydrogen-bond acceptors (Lipinski definition) is 3. The summed E-state index contributed by atoms with van der Waals surface area (Å²) in [6.07, 6.45) is 2.39. The molecule has 0 spiro atoms. The van der Waals surface area contributed by atoms with Gasteiger partial charge in [0, 0.05) is 41.6 Å². The Hall–Kier alpha value is -4.55. The summed E-state index contributed by atoms with van der Waals surface area (Å²) in [4.78, 5) is 15.2. The van der Waals surface area contributed by atoms with Crippen LogP contribution in [0.2, 0.25) is 0 Å². The molecule has 0 aliphatic carbocycles. The lowest BCUT2D eigenvalue weighted by atomic mass is 9.89. The Labute approximate surface area is 235 Å². The Morgan fingerprint density at radius 1 is 0.775 bits per heavy atom. The first-order chi connectivity index (χ1) is 19.6. The van der Waals surface area contributed by atoms with Gasteiger partial charge in [-0.3, -0.25) is 4.90 Å². The molecule has 5 aromatic rings. The van der Waals surface area contributed by atoms with Gasteiger partial charge in [-0.05, 0) is 98.1 Å². The van der Waals surface area contributed by atoms with E-state index >= 15 is 0 Å². The summed E-state index contributed by atoms with van der Waals surface area (Å²) in [5, 5.41) is 6.99. The monoisotopic (exact) mass is 530 g/mol. The number of ether oxygens (including phenoxy) is 1. The highest BCUT2D eigenvalue weighted by atomic mass is 16.5. The van der Waals surface area contributed by atoms with Gasteiger partial charge in [-0.15, -0.1) is 0 Å². The topological polar surface area (TPSA) is 58.5 Å². The van der Waals surface area contributed by atoms with Crippen LogP contribution in [0, 0.1) is 0 Å². The molecule has 0 radical (unpaired) electrons. The van der Waals surface area contributed by atoms with E-state index in [2.05, 4.69) is 69.6 Å². The number of hydrogen-bond donors (Lipinski definition) is 2. The second-order valence-corrected chi connectivity index (χ2v) is 10.4. The number of likely N-dealkylation sites (tertiary alicyclic amines) is 1. The Kier molecular flexibility index (Phi) is 7.51. The zero-order valence-corrected chi connectivity index (χ0v) is 22.7. The smallest absolute Gasteiger partial charge is 0.323 e. The number of para-hydroxylation sites is 1. The van der Waals surface area contributed by atoms with Crippen LogP contribution >= 0.6 is 0 Å². The minimum Gasteiger partial charge on any atom is -0.457 e. The average Bonchev–Trinajstić information content (AvgIpc) is 3.29. The number of aryl methyl sites for hydroxylation is 1. The van der Waals surface area contributed by atoms with Crippen molar-refractivity contribution in [1.82, 2.24) is 9.47 Å². The number of anilines is 2. The number of piperidine rings is 1. The number of carbonyl (C=O) groups is 1. The Morgan fingerprint density at radius 3 is 2.12 bits per heavy atom. The minimum atomic E-state index is -0.284. The molecule has 1 fully saturated rings. The van der Waals surface area contributed by atoms with E-state index in [1.165, 1.54) is 24.1 Å². The minimum absolute atomic E-state index is 0.284. The molecule has 2 N–H and O–H groups in total. The van der Waals surface area contributed by atoms with E-state index in [0.717, 1.165) is 42.0 Å². The lowest BCUT2D eigenvalue weighted by molar-refractivity contribution is 0.201. The molecule has 1 saturated heterocycles. The number of nitrogens with one attached hydrogen (secondary N) is 2. The molecule has 4 aromatic carbocycles. The largest absolute Gasteiger partial charge is 0.457 e. The van der Waals surface area contributed by atoms with E-state index in [9.17, 15) is 4.79 Å². The molecule has 202 valence electrons. The van der Waals surface area contributed by atoms with Crippen molar-refractivity contribution in [3.05, 3.63) is 120 Å². The number of benzene rings is 4. The van der Waals surface area contributed by atoms with Crippen molar-refractivity contribution in [2.45, 2.75) is 25.3 Å². The standard InChI is InChI=1S/C34H34N4O2/c1-37-30(24-38-20-18-26(19-21-38)25-8-4-2-5-9-25)23-27-22-29(14-17-33(27)37)36-34(39)35-28-12-15-32(16-13-28)40-31-10-6-3-7-11-31/h2-17,22-23,26H,18-21,24H2,1H3,(H2,35,36,39). The maximum absolute atomic E-state index is 12.7. The highest BCUT2D eigenvalue weighted by Gasteiger charge is 2.21. The fourth-order valence-electron chi connectivity index (χ4n) is 5.54. The van der Waals surface area contributed by atoms with E-state index in [4.69, 9.17) is 4.74 Å². The van der Waals surface area contributed by atoms with Crippen LogP contribution in [-0.4, -0.2) is 28.6 Å². The maximum Gasteiger partial charge on any atom is 0.323 e. The zero-order chi connectivity index (χ0) is 27.3. The molecular formula is C34H34N4O2. The van der Waals surface area contributed by atoms with Crippen LogP contribution in [0.3, 0.4) is 0 Å². The third kappa shape index (κ3) is 6.03. The molecule has 0 bridgehead atoms. The van der Waals surface area contributed by atoms with Crippen molar-refractivity contribution in [2.75, 3.05) is 23.7 Å². The zero-order valence-electron chi connectivity index (χ0n) is 22.7. The van der Waals surface area contributed by atoms with Gasteiger partial charge in [0.25, 0.3) is 0 Å². The van der Waals surface area contributed by atoms with Crippen molar-refractivity contribution in [2.24, 2.45) is 7.05 Å². The number of amides is 2. The van der Waals surface area contributed by atoms with Gasteiger partial charge in [0.05, 0.1) is 0 Å². The summed E-state index contributed by atoms with van der Waals surface area (Å²) in [6.45, 7) is 3.14. The van der Waals surface area contributed by atoms with E-state index in [1.54, 1.807) is 0 Å². The van der Waals surface area contributed by atoms with Crippen LogP contribution in [0.1, 0.15) is 30.0 Å². The first-order valence-electron chi connectivity index (χ1n) is 13.9.